The summed E-state index contributed by atoms with van der Waals surface area (Å²) in [6, 6.07) is 2.59. The topological polar surface area (TPSA) is 79.8 Å². The smallest absolute Gasteiger partial charge is 0.277 e. The molecule has 2 aromatic rings. The number of hydrogen-bond donors (Lipinski definition) is 2. The zero-order valence-corrected chi connectivity index (χ0v) is 10.9. The molecule has 0 saturated heterocycles. The average molecular weight is 275 g/mol. The van der Waals surface area contributed by atoms with E-state index in [1.807, 2.05) is 6.92 Å². The highest BCUT2D eigenvalue weighted by atomic mass is 19.1. The SMILES string of the molecule is CCCNc1cnc(C(=O)Nc2ccc(F)cn2)cn1. The van der Waals surface area contributed by atoms with Gasteiger partial charge in [-0.05, 0) is 18.6 Å². The Morgan fingerprint density at radius 1 is 1.15 bits per heavy atom. The lowest BCUT2D eigenvalue weighted by Crippen LogP contribution is -2.15. The van der Waals surface area contributed by atoms with Crippen molar-refractivity contribution in [2.75, 3.05) is 17.2 Å². The number of pyridine rings is 1. The monoisotopic (exact) mass is 275 g/mol. The van der Waals surface area contributed by atoms with Crippen LogP contribution in [-0.2, 0) is 0 Å². The van der Waals surface area contributed by atoms with Gasteiger partial charge in [-0.1, -0.05) is 6.92 Å². The van der Waals surface area contributed by atoms with Crippen LogP contribution in [0.3, 0.4) is 0 Å². The van der Waals surface area contributed by atoms with Gasteiger partial charge in [0.2, 0.25) is 0 Å². The minimum absolute atomic E-state index is 0.165. The third-order valence-electron chi connectivity index (χ3n) is 2.41. The number of rotatable bonds is 5. The number of aromatic nitrogens is 3. The first-order chi connectivity index (χ1) is 9.69. The van der Waals surface area contributed by atoms with Crippen molar-refractivity contribution in [3.05, 3.63) is 42.2 Å². The van der Waals surface area contributed by atoms with Crippen molar-refractivity contribution in [2.45, 2.75) is 13.3 Å². The van der Waals surface area contributed by atoms with E-state index in [1.165, 1.54) is 24.5 Å². The molecule has 0 aliphatic carbocycles. The summed E-state index contributed by atoms with van der Waals surface area (Å²) in [5.74, 6) is -0.0394. The lowest BCUT2D eigenvalue weighted by Gasteiger charge is -2.05. The Morgan fingerprint density at radius 2 is 1.95 bits per heavy atom. The Labute approximate surface area is 115 Å². The number of anilines is 2. The molecule has 2 rings (SSSR count). The maximum Gasteiger partial charge on any atom is 0.277 e. The van der Waals surface area contributed by atoms with Gasteiger partial charge in [0.05, 0.1) is 18.6 Å². The zero-order chi connectivity index (χ0) is 14.4. The third-order valence-corrected chi connectivity index (χ3v) is 2.41. The molecule has 0 bridgehead atoms. The summed E-state index contributed by atoms with van der Waals surface area (Å²) in [5.41, 5.74) is 0.165. The first kappa shape index (κ1) is 13.9. The second-order valence-corrected chi connectivity index (χ2v) is 4.03. The summed E-state index contributed by atoms with van der Waals surface area (Å²) < 4.78 is 12.7. The van der Waals surface area contributed by atoms with Crippen molar-refractivity contribution in [2.24, 2.45) is 0 Å². The van der Waals surface area contributed by atoms with Crippen LogP contribution < -0.4 is 10.6 Å². The molecule has 104 valence electrons. The van der Waals surface area contributed by atoms with E-state index >= 15 is 0 Å². The summed E-state index contributed by atoms with van der Waals surface area (Å²) in [5, 5.41) is 5.57. The van der Waals surface area contributed by atoms with Crippen LogP contribution in [0.25, 0.3) is 0 Å². The molecule has 20 heavy (non-hydrogen) atoms. The molecular formula is C13H14FN5O. The average Bonchev–Trinajstić information content (AvgIpc) is 2.48. The Morgan fingerprint density at radius 3 is 2.55 bits per heavy atom. The van der Waals surface area contributed by atoms with E-state index in [1.54, 1.807) is 0 Å². The second-order valence-electron chi connectivity index (χ2n) is 4.03. The molecule has 0 aromatic carbocycles. The molecule has 2 aromatic heterocycles. The Balaban J connectivity index is 2.00. The van der Waals surface area contributed by atoms with Gasteiger partial charge in [-0.2, -0.15) is 0 Å². The lowest BCUT2D eigenvalue weighted by atomic mass is 10.4. The molecule has 2 N–H and O–H groups in total. The second kappa shape index (κ2) is 6.55. The fourth-order valence-electron chi connectivity index (χ4n) is 1.42. The molecule has 0 atom stereocenters. The van der Waals surface area contributed by atoms with Gasteiger partial charge in [-0.15, -0.1) is 0 Å². The van der Waals surface area contributed by atoms with Gasteiger partial charge in [0.1, 0.15) is 23.1 Å². The number of halogens is 1. The predicted molar refractivity (Wildman–Crippen MR) is 73.0 cm³/mol. The number of nitrogens with zero attached hydrogens (tertiary/aromatic N) is 3. The molecule has 0 saturated carbocycles. The molecule has 6 nitrogen and oxygen atoms in total. The first-order valence-electron chi connectivity index (χ1n) is 6.18. The van der Waals surface area contributed by atoms with Crippen LogP contribution in [0.1, 0.15) is 23.8 Å². The first-order valence-corrected chi connectivity index (χ1v) is 6.18. The van der Waals surface area contributed by atoms with Crippen molar-refractivity contribution < 1.29 is 9.18 Å². The van der Waals surface area contributed by atoms with Gasteiger partial charge in [-0.3, -0.25) is 4.79 Å². The lowest BCUT2D eigenvalue weighted by molar-refractivity contribution is 0.102. The van der Waals surface area contributed by atoms with Crippen LogP contribution in [0, 0.1) is 5.82 Å². The van der Waals surface area contributed by atoms with Gasteiger partial charge in [-0.25, -0.2) is 19.3 Å². The van der Waals surface area contributed by atoms with Crippen molar-refractivity contribution in [3.63, 3.8) is 0 Å². The molecule has 0 aliphatic rings. The minimum atomic E-state index is -0.464. The van der Waals surface area contributed by atoms with Crippen LogP contribution in [0.5, 0.6) is 0 Å². The number of carbonyl (C=O) groups is 1. The Kier molecular flexibility index (Phi) is 4.54. The van der Waals surface area contributed by atoms with E-state index in [2.05, 4.69) is 25.6 Å². The summed E-state index contributed by atoms with van der Waals surface area (Å²) in [4.78, 5) is 23.7. The van der Waals surface area contributed by atoms with Crippen LogP contribution >= 0.6 is 0 Å². The van der Waals surface area contributed by atoms with Crippen LogP contribution in [0.2, 0.25) is 0 Å². The van der Waals surface area contributed by atoms with Crippen molar-refractivity contribution in [1.82, 2.24) is 15.0 Å². The van der Waals surface area contributed by atoms with E-state index in [4.69, 9.17) is 0 Å². The molecule has 0 aliphatic heterocycles. The number of amides is 1. The van der Waals surface area contributed by atoms with E-state index in [0.29, 0.717) is 5.82 Å². The summed E-state index contributed by atoms with van der Waals surface area (Å²) in [6.07, 6.45) is 4.86. The van der Waals surface area contributed by atoms with E-state index in [0.717, 1.165) is 19.2 Å². The van der Waals surface area contributed by atoms with Gasteiger partial charge in [0.25, 0.3) is 5.91 Å². The maximum atomic E-state index is 12.7. The molecule has 0 fully saturated rings. The molecular weight excluding hydrogens is 261 g/mol. The number of carbonyl (C=O) groups excluding carboxylic acids is 1. The van der Waals surface area contributed by atoms with Gasteiger partial charge in [0.15, 0.2) is 0 Å². The molecule has 2 heterocycles. The molecule has 0 unspecified atom stereocenters. The standard InChI is InChI=1S/C13H14FN5O/c1-2-5-15-12-8-16-10(7-18-12)13(20)19-11-4-3-9(14)6-17-11/h3-4,6-8H,2,5H2,1H3,(H,15,18)(H,17,19,20). The Hall–Kier alpha value is -2.57. The molecule has 0 radical (unpaired) electrons. The van der Waals surface area contributed by atoms with Crippen LogP contribution in [-0.4, -0.2) is 27.4 Å². The van der Waals surface area contributed by atoms with E-state index < -0.39 is 11.7 Å². The maximum absolute atomic E-state index is 12.7. The van der Waals surface area contributed by atoms with E-state index in [-0.39, 0.29) is 11.5 Å². The number of hydrogen-bond acceptors (Lipinski definition) is 5. The van der Waals surface area contributed by atoms with Crippen LogP contribution in [0.15, 0.2) is 30.7 Å². The van der Waals surface area contributed by atoms with Gasteiger partial charge < -0.3 is 10.6 Å². The third kappa shape index (κ3) is 3.71. The summed E-state index contributed by atoms with van der Waals surface area (Å²) >= 11 is 0. The Bertz CT molecular complexity index is 570. The normalized spacial score (nSPS) is 10.1. The quantitative estimate of drug-likeness (QED) is 0.873. The summed E-state index contributed by atoms with van der Waals surface area (Å²) in [6.45, 7) is 2.83. The number of nitrogens with one attached hydrogen (secondary N) is 2. The molecule has 7 heteroatoms. The fourth-order valence-corrected chi connectivity index (χ4v) is 1.42. The van der Waals surface area contributed by atoms with Crippen molar-refractivity contribution in [3.8, 4) is 0 Å². The van der Waals surface area contributed by atoms with Gasteiger partial charge in [0, 0.05) is 6.54 Å². The van der Waals surface area contributed by atoms with E-state index in [9.17, 15) is 9.18 Å². The zero-order valence-electron chi connectivity index (χ0n) is 10.9. The van der Waals surface area contributed by atoms with Crippen LogP contribution in [0.4, 0.5) is 16.0 Å². The molecule has 1 amide bonds. The van der Waals surface area contributed by atoms with Gasteiger partial charge >= 0.3 is 0 Å². The highest BCUT2D eigenvalue weighted by molar-refractivity contribution is 6.02. The molecule has 0 spiro atoms. The van der Waals surface area contributed by atoms with Crippen molar-refractivity contribution in [1.29, 1.82) is 0 Å². The largest absolute Gasteiger partial charge is 0.369 e. The minimum Gasteiger partial charge on any atom is -0.369 e. The fraction of sp³-hybridized carbons (Fsp3) is 0.231. The predicted octanol–water partition coefficient (Wildman–Crippen LogP) is 2.08. The highest BCUT2D eigenvalue weighted by Gasteiger charge is 2.09. The summed E-state index contributed by atoms with van der Waals surface area (Å²) in [7, 11) is 0. The highest BCUT2D eigenvalue weighted by Crippen LogP contribution is 2.06. The van der Waals surface area contributed by atoms with Crippen molar-refractivity contribution >= 4 is 17.5 Å².